The number of aromatic nitrogens is 3. The van der Waals surface area contributed by atoms with Crippen LogP contribution in [0.3, 0.4) is 0 Å². The molecule has 0 saturated carbocycles. The minimum Gasteiger partial charge on any atom is -0.394 e. The molecule has 0 fully saturated rings. The molecule has 3 N–H and O–H groups in total. The fourth-order valence-corrected chi connectivity index (χ4v) is 2.26. The third-order valence-corrected chi connectivity index (χ3v) is 3.49. The fraction of sp³-hybridized carbons (Fsp3) is 0.118. The minimum atomic E-state index is -0.462. The summed E-state index contributed by atoms with van der Waals surface area (Å²) in [6, 6.07) is 14.2. The summed E-state index contributed by atoms with van der Waals surface area (Å²) in [5.41, 5.74) is 2.72. The summed E-state index contributed by atoms with van der Waals surface area (Å²) in [5, 5.41) is 19.2. The van der Waals surface area contributed by atoms with Gasteiger partial charge in [0.25, 0.3) is 5.91 Å². The molecule has 6 nitrogen and oxygen atoms in total. The number of carbonyl (C=O) groups excluding carboxylic acids is 1. The highest BCUT2D eigenvalue weighted by atomic mass is 16.3. The molecule has 0 aliphatic heterocycles. The van der Waals surface area contributed by atoms with E-state index in [2.05, 4.69) is 20.5 Å². The number of H-pyrrole nitrogens is 1. The lowest BCUT2D eigenvalue weighted by atomic mass is 10.1. The van der Waals surface area contributed by atoms with Gasteiger partial charge in [-0.05, 0) is 23.8 Å². The molecule has 116 valence electrons. The Labute approximate surface area is 133 Å². The highest BCUT2D eigenvalue weighted by Gasteiger charge is 2.17. The van der Waals surface area contributed by atoms with Crippen LogP contribution < -0.4 is 5.32 Å². The first-order valence-electron chi connectivity index (χ1n) is 7.20. The van der Waals surface area contributed by atoms with Crippen molar-refractivity contribution in [1.82, 2.24) is 20.5 Å². The van der Waals surface area contributed by atoms with Crippen molar-refractivity contribution >= 4 is 5.91 Å². The van der Waals surface area contributed by atoms with Crippen molar-refractivity contribution in [1.29, 1.82) is 0 Å². The quantitative estimate of drug-likeness (QED) is 0.672. The number of hydrogen-bond acceptors (Lipinski definition) is 4. The molecule has 1 atom stereocenters. The number of aliphatic hydroxyl groups excluding tert-OH is 1. The number of hydrogen-bond donors (Lipinski definition) is 3. The Kier molecular flexibility index (Phi) is 4.44. The van der Waals surface area contributed by atoms with Crippen LogP contribution >= 0.6 is 0 Å². The number of amides is 1. The zero-order valence-corrected chi connectivity index (χ0v) is 12.3. The number of nitrogens with one attached hydrogen (secondary N) is 2. The number of pyridine rings is 1. The Balaban J connectivity index is 1.75. The number of aromatic amines is 1. The van der Waals surface area contributed by atoms with Crippen molar-refractivity contribution in [2.75, 3.05) is 6.61 Å². The number of nitrogens with zero attached hydrogens (tertiary/aromatic N) is 2. The van der Waals surface area contributed by atoms with Crippen molar-refractivity contribution in [2.24, 2.45) is 0 Å². The van der Waals surface area contributed by atoms with Gasteiger partial charge in [0.05, 0.1) is 18.3 Å². The van der Waals surface area contributed by atoms with E-state index in [9.17, 15) is 9.90 Å². The van der Waals surface area contributed by atoms with Gasteiger partial charge in [-0.3, -0.25) is 14.9 Å². The topological polar surface area (TPSA) is 90.9 Å². The standard InChI is InChI=1S/C17H16N4O2/c22-11-16(12-4-2-1-3-5-12)19-17(23)15-10-14(20-21-15)13-6-8-18-9-7-13/h1-10,16,22H,11H2,(H,19,23)(H,20,21)/t16-/m1/s1. The van der Waals surface area contributed by atoms with E-state index >= 15 is 0 Å². The van der Waals surface area contributed by atoms with Crippen molar-refractivity contribution in [3.8, 4) is 11.3 Å². The molecule has 0 bridgehead atoms. The molecular formula is C17H16N4O2. The predicted octanol–water partition coefficient (Wildman–Crippen LogP) is 1.94. The van der Waals surface area contributed by atoms with E-state index in [0.717, 1.165) is 11.1 Å². The summed E-state index contributed by atoms with van der Waals surface area (Å²) in [7, 11) is 0. The Bertz CT molecular complexity index is 772. The molecule has 6 heteroatoms. The van der Waals surface area contributed by atoms with Crippen molar-refractivity contribution in [3.63, 3.8) is 0 Å². The lowest BCUT2D eigenvalue weighted by molar-refractivity contribution is 0.0911. The summed E-state index contributed by atoms with van der Waals surface area (Å²) >= 11 is 0. The smallest absolute Gasteiger partial charge is 0.269 e. The molecule has 3 aromatic rings. The van der Waals surface area contributed by atoms with E-state index < -0.39 is 6.04 Å². The molecule has 0 saturated heterocycles. The van der Waals surface area contributed by atoms with Gasteiger partial charge in [0.1, 0.15) is 5.69 Å². The first-order valence-corrected chi connectivity index (χ1v) is 7.20. The van der Waals surface area contributed by atoms with Gasteiger partial charge in [0.15, 0.2) is 0 Å². The van der Waals surface area contributed by atoms with Crippen LogP contribution in [0.4, 0.5) is 0 Å². The van der Waals surface area contributed by atoms with Gasteiger partial charge in [-0.15, -0.1) is 0 Å². The maximum Gasteiger partial charge on any atom is 0.269 e. The highest BCUT2D eigenvalue weighted by Crippen LogP contribution is 2.17. The molecule has 0 aliphatic rings. The van der Waals surface area contributed by atoms with Gasteiger partial charge >= 0.3 is 0 Å². The second kappa shape index (κ2) is 6.85. The zero-order valence-electron chi connectivity index (χ0n) is 12.3. The Morgan fingerprint density at radius 2 is 1.91 bits per heavy atom. The van der Waals surface area contributed by atoms with E-state index in [4.69, 9.17) is 0 Å². The lowest BCUT2D eigenvalue weighted by Gasteiger charge is -2.15. The van der Waals surface area contributed by atoms with Crippen LogP contribution in [0.2, 0.25) is 0 Å². The van der Waals surface area contributed by atoms with Crippen molar-refractivity contribution in [3.05, 3.63) is 72.2 Å². The lowest BCUT2D eigenvalue weighted by Crippen LogP contribution is -2.31. The molecule has 0 unspecified atom stereocenters. The highest BCUT2D eigenvalue weighted by molar-refractivity contribution is 5.93. The van der Waals surface area contributed by atoms with E-state index in [1.165, 1.54) is 0 Å². The first-order chi connectivity index (χ1) is 11.3. The molecule has 0 radical (unpaired) electrons. The summed E-state index contributed by atoms with van der Waals surface area (Å²) in [5.74, 6) is -0.319. The minimum absolute atomic E-state index is 0.179. The number of benzene rings is 1. The average Bonchev–Trinajstić information content (AvgIpc) is 3.11. The average molecular weight is 308 g/mol. The molecule has 0 aliphatic carbocycles. The monoisotopic (exact) mass is 308 g/mol. The summed E-state index contributed by atoms with van der Waals surface area (Å²) in [4.78, 5) is 16.3. The second-order valence-corrected chi connectivity index (χ2v) is 5.02. The maximum atomic E-state index is 12.3. The van der Waals surface area contributed by atoms with Crippen LogP contribution in [0.15, 0.2) is 60.9 Å². The van der Waals surface area contributed by atoms with Crippen LogP contribution in [0, 0.1) is 0 Å². The van der Waals surface area contributed by atoms with Gasteiger partial charge < -0.3 is 10.4 Å². The first kappa shape index (κ1) is 14.9. The fourth-order valence-electron chi connectivity index (χ4n) is 2.26. The molecule has 1 amide bonds. The van der Waals surface area contributed by atoms with Gasteiger partial charge in [0, 0.05) is 18.0 Å². The molecule has 2 aromatic heterocycles. The van der Waals surface area contributed by atoms with Gasteiger partial charge in [-0.25, -0.2) is 0 Å². The van der Waals surface area contributed by atoms with Crippen LogP contribution in [0.5, 0.6) is 0 Å². The van der Waals surface area contributed by atoms with E-state index in [1.807, 2.05) is 42.5 Å². The van der Waals surface area contributed by atoms with Gasteiger partial charge in [-0.1, -0.05) is 30.3 Å². The second-order valence-electron chi connectivity index (χ2n) is 5.02. The van der Waals surface area contributed by atoms with Crippen molar-refractivity contribution < 1.29 is 9.90 Å². The zero-order chi connectivity index (χ0) is 16.1. The third-order valence-electron chi connectivity index (χ3n) is 3.49. The molecule has 0 spiro atoms. The Hall–Kier alpha value is -2.99. The predicted molar refractivity (Wildman–Crippen MR) is 85.6 cm³/mol. The molecular weight excluding hydrogens is 292 g/mol. The molecule has 23 heavy (non-hydrogen) atoms. The maximum absolute atomic E-state index is 12.3. The van der Waals surface area contributed by atoms with Crippen LogP contribution in [0.25, 0.3) is 11.3 Å². The van der Waals surface area contributed by atoms with Crippen LogP contribution in [-0.2, 0) is 0 Å². The number of carbonyl (C=O) groups is 1. The van der Waals surface area contributed by atoms with Gasteiger partial charge in [0.2, 0.25) is 0 Å². The Morgan fingerprint density at radius 1 is 1.17 bits per heavy atom. The number of aliphatic hydroxyl groups is 1. The van der Waals surface area contributed by atoms with E-state index in [-0.39, 0.29) is 12.5 Å². The normalized spacial score (nSPS) is 11.9. The molecule has 1 aromatic carbocycles. The molecule has 2 heterocycles. The number of rotatable bonds is 5. The molecule has 3 rings (SSSR count). The third kappa shape index (κ3) is 3.44. The van der Waals surface area contributed by atoms with Crippen LogP contribution in [0.1, 0.15) is 22.1 Å². The summed E-state index contributed by atoms with van der Waals surface area (Å²) in [6.07, 6.45) is 3.34. The summed E-state index contributed by atoms with van der Waals surface area (Å²) in [6.45, 7) is -0.179. The van der Waals surface area contributed by atoms with Gasteiger partial charge in [-0.2, -0.15) is 5.10 Å². The summed E-state index contributed by atoms with van der Waals surface area (Å²) < 4.78 is 0. The van der Waals surface area contributed by atoms with Crippen molar-refractivity contribution in [2.45, 2.75) is 6.04 Å². The largest absolute Gasteiger partial charge is 0.394 e. The Morgan fingerprint density at radius 3 is 2.61 bits per heavy atom. The van der Waals surface area contributed by atoms with Crippen LogP contribution in [-0.4, -0.2) is 32.8 Å². The van der Waals surface area contributed by atoms with E-state index in [0.29, 0.717) is 11.4 Å². The van der Waals surface area contributed by atoms with E-state index in [1.54, 1.807) is 18.5 Å². The SMILES string of the molecule is O=C(N[C@H](CO)c1ccccc1)c1cc(-c2ccncc2)n[nH]1.